The Bertz CT molecular complexity index is 652. The van der Waals surface area contributed by atoms with Crippen LogP contribution in [-0.2, 0) is 0 Å². The van der Waals surface area contributed by atoms with Crippen molar-refractivity contribution in [3.63, 3.8) is 0 Å². The van der Waals surface area contributed by atoms with E-state index < -0.39 is 0 Å². The molecule has 0 spiro atoms. The van der Waals surface area contributed by atoms with Crippen molar-refractivity contribution >= 4 is 17.3 Å². The van der Waals surface area contributed by atoms with Crippen LogP contribution in [0.2, 0.25) is 0 Å². The summed E-state index contributed by atoms with van der Waals surface area (Å²) >= 11 is 0. The normalized spacial score (nSPS) is 10.3. The van der Waals surface area contributed by atoms with Gasteiger partial charge >= 0.3 is 0 Å². The molecule has 2 rings (SSSR count). The van der Waals surface area contributed by atoms with E-state index in [4.69, 9.17) is 0 Å². The van der Waals surface area contributed by atoms with Crippen LogP contribution >= 0.6 is 0 Å². The number of hydrogen-bond acceptors (Lipinski definition) is 3. The van der Waals surface area contributed by atoms with E-state index in [1.165, 1.54) is 5.56 Å². The Morgan fingerprint density at radius 3 is 2.71 bits per heavy atom. The van der Waals surface area contributed by atoms with Gasteiger partial charge in [-0.15, -0.1) is 0 Å². The topological polar surface area (TPSA) is 45.2 Å². The van der Waals surface area contributed by atoms with Gasteiger partial charge in [0.15, 0.2) is 0 Å². The van der Waals surface area contributed by atoms with E-state index in [-0.39, 0.29) is 5.91 Å². The molecule has 0 fully saturated rings. The second-order valence-electron chi connectivity index (χ2n) is 5.11. The first kappa shape index (κ1) is 15.0. The number of pyridine rings is 1. The summed E-state index contributed by atoms with van der Waals surface area (Å²) in [6, 6.07) is 7.83. The van der Waals surface area contributed by atoms with E-state index in [1.54, 1.807) is 30.4 Å². The maximum Gasteiger partial charge on any atom is 0.260 e. The van der Waals surface area contributed by atoms with Crippen molar-refractivity contribution in [1.29, 1.82) is 0 Å². The summed E-state index contributed by atoms with van der Waals surface area (Å²) in [4.78, 5) is 18.5. The highest BCUT2D eigenvalue weighted by Crippen LogP contribution is 2.23. The van der Waals surface area contributed by atoms with E-state index in [0.717, 1.165) is 23.5 Å². The number of rotatable bonds is 4. The van der Waals surface area contributed by atoms with Crippen LogP contribution in [0.25, 0.3) is 0 Å². The lowest BCUT2D eigenvalue weighted by molar-refractivity contribution is 0.0993. The third kappa shape index (κ3) is 3.21. The van der Waals surface area contributed by atoms with Gasteiger partial charge in [-0.1, -0.05) is 17.7 Å². The highest BCUT2D eigenvalue weighted by molar-refractivity contribution is 6.09. The third-order valence-corrected chi connectivity index (χ3v) is 3.44. The van der Waals surface area contributed by atoms with Crippen molar-refractivity contribution in [2.75, 3.05) is 23.8 Å². The summed E-state index contributed by atoms with van der Waals surface area (Å²) in [5, 5.41) is 3.18. The molecule has 1 aromatic heterocycles. The van der Waals surface area contributed by atoms with E-state index in [0.29, 0.717) is 5.56 Å². The summed E-state index contributed by atoms with van der Waals surface area (Å²) < 4.78 is 0. The van der Waals surface area contributed by atoms with Crippen LogP contribution in [0.15, 0.2) is 36.7 Å². The van der Waals surface area contributed by atoms with Crippen LogP contribution in [0, 0.1) is 13.8 Å². The summed E-state index contributed by atoms with van der Waals surface area (Å²) in [6.07, 6.45) is 3.33. The van der Waals surface area contributed by atoms with E-state index >= 15 is 0 Å². The zero-order chi connectivity index (χ0) is 15.4. The molecule has 110 valence electrons. The number of carbonyl (C=O) groups excluding carboxylic acids is 1. The maximum atomic E-state index is 12.7. The number of aryl methyl sites for hydroxylation is 2. The molecule has 0 saturated carbocycles. The van der Waals surface area contributed by atoms with Crippen LogP contribution in [-0.4, -0.2) is 24.5 Å². The molecule has 0 radical (unpaired) electrons. The highest BCUT2D eigenvalue weighted by atomic mass is 16.2. The standard InChI is InChI=1S/C17H21N3O/c1-5-19-15-11-18-9-8-14(15)17(21)20(4)16-7-6-12(2)10-13(16)3/h6-11,19H,5H2,1-4H3. The Kier molecular flexibility index (Phi) is 4.58. The number of aromatic nitrogens is 1. The molecule has 0 saturated heterocycles. The zero-order valence-corrected chi connectivity index (χ0v) is 13.0. The lowest BCUT2D eigenvalue weighted by atomic mass is 10.1. The van der Waals surface area contributed by atoms with Crippen LogP contribution in [0.4, 0.5) is 11.4 Å². The molecule has 4 nitrogen and oxygen atoms in total. The summed E-state index contributed by atoms with van der Waals surface area (Å²) in [6.45, 7) is 6.81. The molecule has 1 heterocycles. The van der Waals surface area contributed by atoms with Gasteiger partial charge in [0.2, 0.25) is 0 Å². The van der Waals surface area contributed by atoms with Crippen molar-refractivity contribution in [2.45, 2.75) is 20.8 Å². The fourth-order valence-corrected chi connectivity index (χ4v) is 2.38. The number of amides is 1. The first-order chi connectivity index (χ1) is 10.0. The molecule has 1 amide bonds. The van der Waals surface area contributed by atoms with Crippen molar-refractivity contribution < 1.29 is 4.79 Å². The Hall–Kier alpha value is -2.36. The zero-order valence-electron chi connectivity index (χ0n) is 13.0. The van der Waals surface area contributed by atoms with E-state index in [2.05, 4.69) is 16.4 Å². The number of hydrogen-bond donors (Lipinski definition) is 1. The van der Waals surface area contributed by atoms with Crippen LogP contribution in [0.3, 0.4) is 0 Å². The molecule has 0 aliphatic heterocycles. The fraction of sp³-hybridized carbons (Fsp3) is 0.294. The Labute approximate surface area is 125 Å². The number of anilines is 2. The largest absolute Gasteiger partial charge is 0.383 e. The summed E-state index contributed by atoms with van der Waals surface area (Å²) in [5.41, 5.74) is 4.60. The quantitative estimate of drug-likeness (QED) is 0.935. The van der Waals surface area contributed by atoms with Gasteiger partial charge in [-0.3, -0.25) is 9.78 Å². The minimum absolute atomic E-state index is 0.0414. The average molecular weight is 283 g/mol. The molecule has 1 aromatic carbocycles. The number of nitrogens with zero attached hydrogens (tertiary/aromatic N) is 2. The van der Waals surface area contributed by atoms with Gasteiger partial charge in [-0.05, 0) is 38.5 Å². The second-order valence-corrected chi connectivity index (χ2v) is 5.11. The predicted molar refractivity (Wildman–Crippen MR) is 87.1 cm³/mol. The van der Waals surface area contributed by atoms with Gasteiger partial charge in [0.25, 0.3) is 5.91 Å². The maximum absolute atomic E-state index is 12.7. The number of benzene rings is 1. The van der Waals surface area contributed by atoms with Gasteiger partial charge in [-0.2, -0.15) is 0 Å². The molecule has 1 N–H and O–H groups in total. The minimum atomic E-state index is -0.0414. The second kappa shape index (κ2) is 6.39. The third-order valence-electron chi connectivity index (χ3n) is 3.44. The Morgan fingerprint density at radius 2 is 2.05 bits per heavy atom. The van der Waals surface area contributed by atoms with Crippen molar-refractivity contribution in [1.82, 2.24) is 4.98 Å². The lowest BCUT2D eigenvalue weighted by Crippen LogP contribution is -2.27. The van der Waals surface area contributed by atoms with Crippen LogP contribution in [0.1, 0.15) is 28.4 Å². The van der Waals surface area contributed by atoms with Crippen molar-refractivity contribution in [3.8, 4) is 0 Å². The minimum Gasteiger partial charge on any atom is -0.383 e. The van der Waals surface area contributed by atoms with Crippen LogP contribution in [0.5, 0.6) is 0 Å². The predicted octanol–water partition coefficient (Wildman–Crippen LogP) is 3.41. The molecule has 4 heteroatoms. The summed E-state index contributed by atoms with van der Waals surface area (Å²) in [7, 11) is 1.80. The molecule has 0 bridgehead atoms. The smallest absolute Gasteiger partial charge is 0.260 e. The van der Waals surface area contributed by atoms with Gasteiger partial charge in [0.05, 0.1) is 17.4 Å². The lowest BCUT2D eigenvalue weighted by Gasteiger charge is -2.21. The fourth-order valence-electron chi connectivity index (χ4n) is 2.38. The molecule has 0 aliphatic carbocycles. The molecule has 2 aromatic rings. The monoisotopic (exact) mass is 283 g/mol. The Morgan fingerprint density at radius 1 is 1.29 bits per heavy atom. The van der Waals surface area contributed by atoms with Crippen LogP contribution < -0.4 is 10.2 Å². The number of nitrogens with one attached hydrogen (secondary N) is 1. The SMILES string of the molecule is CCNc1cnccc1C(=O)N(C)c1ccc(C)cc1C. The van der Waals surface area contributed by atoms with Gasteiger partial charge in [0.1, 0.15) is 0 Å². The molecule has 0 aliphatic rings. The van der Waals surface area contributed by atoms with Gasteiger partial charge < -0.3 is 10.2 Å². The molecular weight excluding hydrogens is 262 g/mol. The van der Waals surface area contributed by atoms with E-state index in [1.807, 2.05) is 32.9 Å². The van der Waals surface area contributed by atoms with Crippen molar-refractivity contribution in [3.05, 3.63) is 53.3 Å². The molecule has 0 unspecified atom stereocenters. The van der Waals surface area contributed by atoms with E-state index in [9.17, 15) is 4.79 Å². The van der Waals surface area contributed by atoms with Gasteiger partial charge in [0, 0.05) is 25.5 Å². The molecule has 21 heavy (non-hydrogen) atoms. The Balaban J connectivity index is 2.35. The first-order valence-electron chi connectivity index (χ1n) is 7.07. The number of carbonyl (C=O) groups is 1. The first-order valence-corrected chi connectivity index (χ1v) is 7.07. The molecule has 0 atom stereocenters. The molecular formula is C17H21N3O. The average Bonchev–Trinajstić information content (AvgIpc) is 2.47. The van der Waals surface area contributed by atoms with Crippen molar-refractivity contribution in [2.24, 2.45) is 0 Å². The summed E-state index contributed by atoms with van der Waals surface area (Å²) in [5.74, 6) is -0.0414. The van der Waals surface area contributed by atoms with Gasteiger partial charge in [-0.25, -0.2) is 0 Å². The highest BCUT2D eigenvalue weighted by Gasteiger charge is 2.18.